The molecule has 7 heteroatoms. The number of phosphoric acid groups is 1. The summed E-state index contributed by atoms with van der Waals surface area (Å²) in [6.45, 7) is 0.774. The summed E-state index contributed by atoms with van der Waals surface area (Å²) in [6.07, 6.45) is 2.66. The van der Waals surface area contributed by atoms with Crippen molar-refractivity contribution in [1.29, 1.82) is 0 Å². The van der Waals surface area contributed by atoms with E-state index in [0.717, 1.165) is 13.0 Å². The summed E-state index contributed by atoms with van der Waals surface area (Å²) in [5.41, 5.74) is 0. The maximum atomic E-state index is 13.1. The summed E-state index contributed by atoms with van der Waals surface area (Å²) < 4.78 is 31.6. The molecule has 1 unspecified atom stereocenters. The molecule has 0 amide bonds. The van der Waals surface area contributed by atoms with Crippen LogP contribution in [0.15, 0.2) is 72.6 Å². The van der Waals surface area contributed by atoms with E-state index in [1.165, 1.54) is 0 Å². The molecular weight excluding hydrogens is 332 g/mol. The zero-order valence-corrected chi connectivity index (χ0v) is 14.4. The van der Waals surface area contributed by atoms with E-state index in [-0.39, 0.29) is 0 Å². The van der Waals surface area contributed by atoms with E-state index in [0.29, 0.717) is 17.4 Å². The summed E-state index contributed by atoms with van der Waals surface area (Å²) in [4.78, 5) is 0. The van der Waals surface area contributed by atoms with Crippen LogP contribution in [-0.2, 0) is 9.09 Å². The monoisotopic (exact) mass is 349 g/mol. The zero-order valence-electron chi connectivity index (χ0n) is 12.4. The van der Waals surface area contributed by atoms with Crippen LogP contribution in [0.25, 0.3) is 0 Å². The third kappa shape index (κ3) is 4.28. The van der Waals surface area contributed by atoms with Crippen molar-refractivity contribution >= 4 is 17.2 Å². The Morgan fingerprint density at radius 3 is 1.83 bits per heavy atom. The third-order valence-corrected chi connectivity index (χ3v) is 4.89. The molecule has 3 rings (SSSR count). The maximum absolute atomic E-state index is 13.1. The number of hydrogen-bond donors (Lipinski definition) is 0. The van der Waals surface area contributed by atoms with Crippen LogP contribution < -0.4 is 9.05 Å². The first-order valence-corrected chi connectivity index (χ1v) is 9.14. The lowest BCUT2D eigenvalue weighted by molar-refractivity contribution is 0.227. The van der Waals surface area contributed by atoms with Crippen LogP contribution in [0.1, 0.15) is 6.42 Å². The molecule has 1 atom stereocenters. The summed E-state index contributed by atoms with van der Waals surface area (Å²) in [7, 11) is -1.35. The second kappa shape index (κ2) is 7.08. The van der Waals surface area contributed by atoms with Crippen molar-refractivity contribution < 1.29 is 18.1 Å². The molecule has 1 heterocycles. The summed E-state index contributed by atoms with van der Waals surface area (Å²) in [5, 5.41) is 0. The second-order valence-corrected chi connectivity index (χ2v) is 6.94. The Bertz CT molecular complexity index is 676. The minimum atomic E-state index is -3.87. The van der Waals surface area contributed by atoms with Crippen molar-refractivity contribution in [2.75, 3.05) is 6.54 Å². The Labute approximate surface area is 137 Å². The number of phosphoric ester groups is 1. The lowest BCUT2D eigenvalue weighted by Crippen LogP contribution is -2.11. The minimum Gasteiger partial charge on any atom is -0.386 e. The Hall–Kier alpha value is -1.96. The minimum absolute atomic E-state index is 0.417. The number of hydrogen-bond acceptors (Lipinski definition) is 5. The highest BCUT2D eigenvalue weighted by atomic mass is 31.2. The molecule has 120 valence electrons. The van der Waals surface area contributed by atoms with Gasteiger partial charge < -0.3 is 18.2 Å². The Morgan fingerprint density at radius 2 is 1.39 bits per heavy atom. The third-order valence-electron chi connectivity index (χ3n) is 3.10. The predicted molar refractivity (Wildman–Crippen MR) is 91.9 cm³/mol. The van der Waals surface area contributed by atoms with Gasteiger partial charge in [0.1, 0.15) is 11.5 Å². The highest BCUT2D eigenvalue weighted by Crippen LogP contribution is 2.52. The van der Waals surface area contributed by atoms with Gasteiger partial charge in [0, 0.05) is 6.54 Å². The van der Waals surface area contributed by atoms with E-state index in [2.05, 4.69) is 9.39 Å². The predicted octanol–water partition coefficient (Wildman–Crippen LogP) is 4.61. The van der Waals surface area contributed by atoms with Gasteiger partial charge >= 0.3 is 7.82 Å². The van der Waals surface area contributed by atoms with Crippen LogP contribution in [0, 0.1) is 0 Å². The van der Waals surface area contributed by atoms with Crippen molar-refractivity contribution in [1.82, 2.24) is 4.67 Å². The fourth-order valence-corrected chi connectivity index (χ4v) is 3.71. The number of benzene rings is 2. The molecule has 0 spiro atoms. The highest BCUT2D eigenvalue weighted by molar-refractivity contribution is 7.49. The Kier molecular flexibility index (Phi) is 4.90. The molecule has 5 nitrogen and oxygen atoms in total. The molecule has 0 aliphatic carbocycles. The average Bonchev–Trinajstić information content (AvgIpc) is 2.93. The van der Waals surface area contributed by atoms with E-state index in [9.17, 15) is 4.57 Å². The largest absolute Gasteiger partial charge is 0.648 e. The number of para-hydroxylation sites is 2. The van der Waals surface area contributed by atoms with Crippen molar-refractivity contribution in [3.05, 3.63) is 72.6 Å². The summed E-state index contributed by atoms with van der Waals surface area (Å²) in [5.74, 6) is 1.30. The van der Waals surface area contributed by atoms with Gasteiger partial charge in [-0.05, 0) is 46.2 Å². The number of rotatable bonds is 6. The molecule has 0 radical (unpaired) electrons. The first-order chi connectivity index (χ1) is 11.1. The van der Waals surface area contributed by atoms with E-state index < -0.39 is 7.82 Å². The van der Waals surface area contributed by atoms with Crippen LogP contribution in [0.5, 0.6) is 11.5 Å². The van der Waals surface area contributed by atoms with Gasteiger partial charge in [-0.2, -0.15) is 4.57 Å². The standard InChI is InChI=1S/C16H17NO4P2/c18-23(19-14-8-3-1-4-9-14,20-15-10-5-2-6-11-15)21-16-12-7-13-17(16)22/h1-6,8-12H,7,13,22H2. The fraction of sp³-hybridized carbons (Fsp3) is 0.125. The van der Waals surface area contributed by atoms with Gasteiger partial charge in [-0.1, -0.05) is 36.4 Å². The van der Waals surface area contributed by atoms with Crippen LogP contribution >= 0.6 is 17.2 Å². The SMILES string of the molecule is O=P(OC1=CCCN1P)(Oc1ccccc1)Oc1ccccc1. The summed E-state index contributed by atoms with van der Waals surface area (Å²) >= 11 is 0. The zero-order chi connectivity index (χ0) is 16.1. The lowest BCUT2D eigenvalue weighted by Gasteiger charge is -2.22. The van der Waals surface area contributed by atoms with Crippen molar-refractivity contribution in [2.45, 2.75) is 6.42 Å². The van der Waals surface area contributed by atoms with Crippen LogP contribution in [0.3, 0.4) is 0 Å². The Morgan fingerprint density at radius 1 is 0.870 bits per heavy atom. The molecule has 0 fully saturated rings. The second-order valence-electron chi connectivity index (χ2n) is 4.87. The molecule has 1 aliphatic rings. The van der Waals surface area contributed by atoms with Gasteiger partial charge in [-0.25, -0.2) is 0 Å². The topological polar surface area (TPSA) is 48.0 Å². The first kappa shape index (κ1) is 15.9. The van der Waals surface area contributed by atoms with Gasteiger partial charge in [0.05, 0.1) is 0 Å². The molecule has 0 aromatic heterocycles. The van der Waals surface area contributed by atoms with E-state index in [4.69, 9.17) is 13.6 Å². The highest BCUT2D eigenvalue weighted by Gasteiger charge is 2.35. The van der Waals surface area contributed by atoms with Crippen molar-refractivity contribution in [3.63, 3.8) is 0 Å². The quantitative estimate of drug-likeness (QED) is 0.713. The van der Waals surface area contributed by atoms with Gasteiger partial charge in [0.2, 0.25) is 5.88 Å². The van der Waals surface area contributed by atoms with Gasteiger partial charge in [-0.15, -0.1) is 0 Å². The van der Waals surface area contributed by atoms with Crippen LogP contribution in [-0.4, -0.2) is 11.2 Å². The van der Waals surface area contributed by atoms with Gasteiger partial charge in [-0.3, -0.25) is 0 Å². The molecule has 0 N–H and O–H groups in total. The number of nitrogens with zero attached hydrogens (tertiary/aromatic N) is 1. The molecule has 0 saturated heterocycles. The average molecular weight is 349 g/mol. The molecular formula is C16H17NO4P2. The molecule has 23 heavy (non-hydrogen) atoms. The van der Waals surface area contributed by atoms with E-state index in [1.54, 1.807) is 53.2 Å². The van der Waals surface area contributed by atoms with Crippen LogP contribution in [0.2, 0.25) is 0 Å². The molecule has 0 bridgehead atoms. The maximum Gasteiger partial charge on any atom is 0.648 e. The molecule has 2 aromatic carbocycles. The molecule has 2 aromatic rings. The smallest absolute Gasteiger partial charge is 0.386 e. The summed E-state index contributed by atoms with van der Waals surface area (Å²) in [6, 6.07) is 17.7. The van der Waals surface area contributed by atoms with Crippen molar-refractivity contribution in [3.8, 4) is 11.5 Å². The van der Waals surface area contributed by atoms with E-state index >= 15 is 0 Å². The van der Waals surface area contributed by atoms with E-state index in [1.807, 2.05) is 18.2 Å². The molecule has 1 aliphatic heterocycles. The lowest BCUT2D eigenvalue weighted by atomic mass is 10.3. The first-order valence-electron chi connectivity index (χ1n) is 7.16. The normalized spacial score (nSPS) is 14.3. The molecule has 0 saturated carbocycles. The van der Waals surface area contributed by atoms with Gasteiger partial charge in [0.15, 0.2) is 0 Å². The Balaban J connectivity index is 1.84. The van der Waals surface area contributed by atoms with Gasteiger partial charge in [0.25, 0.3) is 0 Å². The van der Waals surface area contributed by atoms with Crippen molar-refractivity contribution in [2.24, 2.45) is 0 Å². The fourth-order valence-electron chi connectivity index (χ4n) is 2.04. The van der Waals surface area contributed by atoms with Crippen LogP contribution in [0.4, 0.5) is 0 Å².